The first-order valence-corrected chi connectivity index (χ1v) is 14.9. The lowest BCUT2D eigenvalue weighted by molar-refractivity contribution is -0.125. The Hall–Kier alpha value is -0.436. The number of nitrogens with one attached hydrogen (secondary N) is 2. The van der Waals surface area contributed by atoms with Gasteiger partial charge in [-0.3, -0.25) is 4.79 Å². The Morgan fingerprint density at radius 2 is 1.33 bits per heavy atom. The third-order valence-corrected chi connectivity index (χ3v) is 15.5. The molecule has 0 rings (SSSR count). The first-order valence-electron chi connectivity index (χ1n) is 8.87. The van der Waals surface area contributed by atoms with E-state index in [0.29, 0.717) is 6.54 Å². The van der Waals surface area contributed by atoms with E-state index in [1.54, 1.807) is 4.90 Å². The molecule has 4 nitrogen and oxygen atoms in total. The van der Waals surface area contributed by atoms with Crippen molar-refractivity contribution in [3.05, 3.63) is 12.7 Å². The van der Waals surface area contributed by atoms with Crippen LogP contribution >= 0.6 is 0 Å². The van der Waals surface area contributed by atoms with Gasteiger partial charge in [-0.25, -0.2) is 0 Å². The lowest BCUT2D eigenvalue weighted by Crippen LogP contribution is -2.68. The van der Waals surface area contributed by atoms with Crippen LogP contribution in [0.25, 0.3) is 0 Å². The minimum Gasteiger partial charge on any atom is -0.339 e. The molecule has 24 heavy (non-hydrogen) atoms. The fourth-order valence-corrected chi connectivity index (χ4v) is 5.03. The topological polar surface area (TPSA) is 44.4 Å². The summed E-state index contributed by atoms with van der Waals surface area (Å²) in [5.74, 6) is -0.0333. The van der Waals surface area contributed by atoms with E-state index in [1.807, 2.05) is 7.05 Å². The van der Waals surface area contributed by atoms with Crippen molar-refractivity contribution in [1.29, 1.82) is 0 Å². The molecule has 6 heteroatoms. The standard InChI is InChI=1S/C18H41N3OSi2/c1-13-16(22)21(8)14-15(19-23(9,10)17(2,3)4)20-24(11,12)18(5,6)7/h13,15,19-20H,1,14H2,2-12H3. The van der Waals surface area contributed by atoms with Gasteiger partial charge in [0.05, 0.1) is 6.17 Å². The highest BCUT2D eigenvalue weighted by molar-refractivity contribution is 6.79. The van der Waals surface area contributed by atoms with E-state index in [0.717, 1.165) is 0 Å². The molecule has 0 aromatic carbocycles. The van der Waals surface area contributed by atoms with Crippen molar-refractivity contribution in [2.45, 2.75) is 84.0 Å². The van der Waals surface area contributed by atoms with Gasteiger partial charge in [0.1, 0.15) is 16.5 Å². The first-order chi connectivity index (χ1) is 10.4. The van der Waals surface area contributed by atoms with Crippen molar-refractivity contribution in [3.63, 3.8) is 0 Å². The predicted molar refractivity (Wildman–Crippen MR) is 112 cm³/mol. The van der Waals surface area contributed by atoms with Crippen LogP contribution in [0.3, 0.4) is 0 Å². The van der Waals surface area contributed by atoms with Crippen LogP contribution in [0.1, 0.15) is 41.5 Å². The van der Waals surface area contributed by atoms with Crippen molar-refractivity contribution >= 4 is 22.4 Å². The van der Waals surface area contributed by atoms with Crippen molar-refractivity contribution in [3.8, 4) is 0 Å². The number of hydrogen-bond donors (Lipinski definition) is 2. The first kappa shape index (κ1) is 23.6. The second-order valence-corrected chi connectivity index (χ2v) is 20.1. The van der Waals surface area contributed by atoms with E-state index in [-0.39, 0.29) is 22.1 Å². The number of carbonyl (C=O) groups excluding carboxylic acids is 1. The Balaban J connectivity index is 5.46. The molecule has 0 bridgehead atoms. The third kappa shape index (κ3) is 6.46. The van der Waals surface area contributed by atoms with Crippen molar-refractivity contribution < 1.29 is 4.79 Å². The summed E-state index contributed by atoms with van der Waals surface area (Å²) in [6, 6.07) is 0. The summed E-state index contributed by atoms with van der Waals surface area (Å²) in [6.45, 7) is 27.5. The van der Waals surface area contributed by atoms with Gasteiger partial charge in [-0.15, -0.1) is 0 Å². The smallest absolute Gasteiger partial charge is 0.245 e. The molecule has 2 N–H and O–H groups in total. The van der Waals surface area contributed by atoms with Gasteiger partial charge >= 0.3 is 0 Å². The lowest BCUT2D eigenvalue weighted by atomic mass is 10.2. The number of hydrogen-bond acceptors (Lipinski definition) is 3. The van der Waals surface area contributed by atoms with Crippen LogP contribution in [-0.2, 0) is 4.79 Å². The summed E-state index contributed by atoms with van der Waals surface area (Å²) in [5.41, 5.74) is 0. The summed E-state index contributed by atoms with van der Waals surface area (Å²) in [7, 11) is -1.54. The monoisotopic (exact) mass is 371 g/mol. The number of rotatable bonds is 7. The zero-order valence-electron chi connectivity index (χ0n) is 17.9. The molecule has 0 aliphatic rings. The van der Waals surface area contributed by atoms with E-state index < -0.39 is 16.5 Å². The van der Waals surface area contributed by atoms with Crippen molar-refractivity contribution in [1.82, 2.24) is 14.9 Å². The molecule has 0 saturated carbocycles. The largest absolute Gasteiger partial charge is 0.339 e. The summed E-state index contributed by atoms with van der Waals surface area (Å²) in [5, 5.41) is 0.475. The van der Waals surface area contributed by atoms with E-state index in [4.69, 9.17) is 0 Å². The van der Waals surface area contributed by atoms with Gasteiger partial charge in [-0.2, -0.15) is 0 Å². The van der Waals surface area contributed by atoms with Crippen LogP contribution in [0.4, 0.5) is 0 Å². The normalized spacial score (nSPS) is 14.0. The fourth-order valence-electron chi connectivity index (χ4n) is 1.95. The van der Waals surface area contributed by atoms with E-state index in [9.17, 15) is 4.79 Å². The molecule has 0 unspecified atom stereocenters. The Bertz CT molecular complexity index is 420. The highest BCUT2D eigenvalue weighted by atomic mass is 28.3. The van der Waals surface area contributed by atoms with Gasteiger partial charge in [0.2, 0.25) is 5.91 Å². The molecule has 0 aliphatic carbocycles. The van der Waals surface area contributed by atoms with Gasteiger partial charge < -0.3 is 14.9 Å². The molecule has 0 fully saturated rings. The zero-order valence-corrected chi connectivity index (χ0v) is 19.9. The maximum atomic E-state index is 11.9. The molecular formula is C18H41N3OSi2. The highest BCUT2D eigenvalue weighted by Crippen LogP contribution is 2.36. The quantitative estimate of drug-likeness (QED) is 0.401. The number of amides is 1. The van der Waals surface area contributed by atoms with Gasteiger partial charge in [0.15, 0.2) is 0 Å². The van der Waals surface area contributed by atoms with Crippen LogP contribution in [-0.4, -0.2) is 47.0 Å². The van der Waals surface area contributed by atoms with Crippen LogP contribution in [0.15, 0.2) is 12.7 Å². The van der Waals surface area contributed by atoms with Crippen molar-refractivity contribution in [2.75, 3.05) is 13.6 Å². The molecule has 1 amide bonds. The van der Waals surface area contributed by atoms with Gasteiger partial charge in [0.25, 0.3) is 0 Å². The second kappa shape index (κ2) is 7.85. The Kier molecular flexibility index (Phi) is 7.71. The average molecular weight is 372 g/mol. The van der Waals surface area contributed by atoms with Crippen LogP contribution < -0.4 is 9.96 Å². The maximum absolute atomic E-state index is 11.9. The minimum atomic E-state index is -1.69. The Morgan fingerprint density at radius 3 is 1.58 bits per heavy atom. The highest BCUT2D eigenvalue weighted by Gasteiger charge is 2.41. The predicted octanol–water partition coefficient (Wildman–Crippen LogP) is 4.15. The minimum absolute atomic E-state index is 0.0333. The molecule has 0 radical (unpaired) electrons. The molecule has 0 saturated heterocycles. The SMILES string of the molecule is C=CC(=O)N(C)CC(N[Si](C)(C)C(C)(C)C)N[Si](C)(C)C(C)(C)C. The third-order valence-electron chi connectivity index (χ3n) is 5.83. The Labute approximate surface area is 152 Å². The summed E-state index contributed by atoms with van der Waals surface area (Å²) >= 11 is 0. The molecule has 142 valence electrons. The van der Waals surface area contributed by atoms with Gasteiger partial charge in [-0.05, 0) is 16.2 Å². The molecule has 0 heterocycles. The molecule has 0 aromatic rings. The van der Waals surface area contributed by atoms with Crippen LogP contribution in [0.2, 0.25) is 36.3 Å². The molecule has 0 aromatic heterocycles. The summed E-state index contributed by atoms with van der Waals surface area (Å²) in [6.07, 6.45) is 1.48. The zero-order chi connectivity index (χ0) is 19.6. The summed E-state index contributed by atoms with van der Waals surface area (Å²) < 4.78 is 0. The second-order valence-electron chi connectivity index (χ2n) is 10.0. The number of likely N-dealkylation sites (N-methyl/N-ethyl adjacent to an activating group) is 1. The Morgan fingerprint density at radius 1 is 1.00 bits per heavy atom. The molecular weight excluding hydrogens is 330 g/mol. The lowest BCUT2D eigenvalue weighted by Gasteiger charge is -2.46. The van der Waals surface area contributed by atoms with E-state index in [2.05, 4.69) is 84.3 Å². The van der Waals surface area contributed by atoms with Gasteiger partial charge in [-0.1, -0.05) is 74.3 Å². The fraction of sp³-hybridized carbons (Fsp3) is 0.833. The molecule has 0 aliphatic heterocycles. The van der Waals surface area contributed by atoms with Crippen LogP contribution in [0, 0.1) is 0 Å². The van der Waals surface area contributed by atoms with Gasteiger partial charge in [0, 0.05) is 13.6 Å². The van der Waals surface area contributed by atoms with Crippen molar-refractivity contribution in [2.24, 2.45) is 0 Å². The number of carbonyl (C=O) groups is 1. The van der Waals surface area contributed by atoms with Crippen LogP contribution in [0.5, 0.6) is 0 Å². The summed E-state index contributed by atoms with van der Waals surface area (Å²) in [4.78, 5) is 21.5. The molecule has 0 atom stereocenters. The maximum Gasteiger partial charge on any atom is 0.245 e. The average Bonchev–Trinajstić information content (AvgIpc) is 2.33. The van der Waals surface area contributed by atoms with E-state index in [1.165, 1.54) is 6.08 Å². The molecule has 0 spiro atoms. The van der Waals surface area contributed by atoms with E-state index >= 15 is 0 Å². The number of nitrogens with zero attached hydrogens (tertiary/aromatic N) is 1.